The van der Waals surface area contributed by atoms with Crippen molar-refractivity contribution < 1.29 is 14.0 Å². The first-order valence-electron chi connectivity index (χ1n) is 9.36. The Kier molecular flexibility index (Phi) is 5.70. The van der Waals surface area contributed by atoms with E-state index in [2.05, 4.69) is 5.32 Å². The lowest BCUT2D eigenvalue weighted by molar-refractivity contribution is -0.136. The summed E-state index contributed by atoms with van der Waals surface area (Å²) in [6.45, 7) is 2.06. The third-order valence-electron chi connectivity index (χ3n) is 5.00. The number of rotatable bonds is 6. The van der Waals surface area contributed by atoms with Gasteiger partial charge < -0.3 is 5.32 Å². The maximum Gasteiger partial charge on any atom is 0.278 e. The highest BCUT2D eigenvalue weighted by molar-refractivity contribution is 7.11. The lowest BCUT2D eigenvalue weighted by atomic mass is 10.1. The van der Waals surface area contributed by atoms with Crippen molar-refractivity contribution in [2.24, 2.45) is 0 Å². The number of nitrogens with one attached hydrogen (secondary N) is 1. The molecule has 0 radical (unpaired) electrons. The van der Waals surface area contributed by atoms with Gasteiger partial charge in [-0.15, -0.1) is 11.3 Å². The Morgan fingerprint density at radius 1 is 1.03 bits per heavy atom. The Hall–Kier alpha value is -2.96. The Bertz CT molecular complexity index is 1140. The van der Waals surface area contributed by atoms with Gasteiger partial charge in [-0.1, -0.05) is 35.9 Å². The molecule has 0 unspecified atom stereocenters. The van der Waals surface area contributed by atoms with E-state index in [1.54, 1.807) is 24.3 Å². The smallest absolute Gasteiger partial charge is 0.278 e. The topological polar surface area (TPSA) is 49.4 Å². The van der Waals surface area contributed by atoms with Crippen molar-refractivity contribution in [2.45, 2.75) is 13.3 Å². The van der Waals surface area contributed by atoms with E-state index >= 15 is 0 Å². The van der Waals surface area contributed by atoms with Gasteiger partial charge in [0.15, 0.2) is 0 Å². The van der Waals surface area contributed by atoms with Crippen LogP contribution in [0.1, 0.15) is 16.0 Å². The molecule has 4 rings (SSSR count). The van der Waals surface area contributed by atoms with E-state index in [1.807, 2.05) is 30.5 Å². The number of nitrogens with zero attached hydrogens (tertiary/aromatic N) is 1. The van der Waals surface area contributed by atoms with Crippen LogP contribution in [0.5, 0.6) is 0 Å². The van der Waals surface area contributed by atoms with Crippen molar-refractivity contribution in [3.05, 3.63) is 92.5 Å². The van der Waals surface area contributed by atoms with E-state index in [4.69, 9.17) is 11.6 Å². The molecule has 1 aliphatic rings. The summed E-state index contributed by atoms with van der Waals surface area (Å²) in [6, 6.07) is 15.1. The molecule has 7 heteroatoms. The van der Waals surface area contributed by atoms with Gasteiger partial charge in [0.1, 0.15) is 11.5 Å². The second-order valence-electron chi connectivity index (χ2n) is 6.90. The van der Waals surface area contributed by atoms with Gasteiger partial charge >= 0.3 is 0 Å². The standard InChI is InChI=1S/C23H18ClFN2O2S/c1-14-17(24)4-2-5-18(14)26-21-20(19-6-3-13-30-19)22(28)27(23(21)29)12-11-15-7-9-16(25)10-8-15/h2-10,13,26H,11-12H2,1H3. The van der Waals surface area contributed by atoms with Gasteiger partial charge in [0.25, 0.3) is 11.8 Å². The third kappa shape index (κ3) is 3.88. The normalized spacial score (nSPS) is 14.0. The number of hydrogen-bond acceptors (Lipinski definition) is 4. The molecule has 0 aliphatic carbocycles. The first-order valence-corrected chi connectivity index (χ1v) is 10.6. The summed E-state index contributed by atoms with van der Waals surface area (Å²) in [7, 11) is 0. The maximum absolute atomic E-state index is 13.2. The van der Waals surface area contributed by atoms with Crippen molar-refractivity contribution in [3.8, 4) is 0 Å². The predicted octanol–water partition coefficient (Wildman–Crippen LogP) is 5.28. The fraction of sp³-hybridized carbons (Fsp3) is 0.130. The lowest BCUT2D eigenvalue weighted by Gasteiger charge is -2.16. The van der Waals surface area contributed by atoms with E-state index in [9.17, 15) is 14.0 Å². The van der Waals surface area contributed by atoms with Gasteiger partial charge in [0.05, 0.1) is 5.57 Å². The van der Waals surface area contributed by atoms with Gasteiger partial charge in [0, 0.05) is 22.1 Å². The quantitative estimate of drug-likeness (QED) is 0.530. The summed E-state index contributed by atoms with van der Waals surface area (Å²) in [4.78, 5) is 28.3. The summed E-state index contributed by atoms with van der Waals surface area (Å²) in [5, 5.41) is 5.58. The van der Waals surface area contributed by atoms with Crippen LogP contribution in [0.3, 0.4) is 0 Å². The number of thiophene rings is 1. The van der Waals surface area contributed by atoms with Gasteiger partial charge in [-0.2, -0.15) is 0 Å². The predicted molar refractivity (Wildman–Crippen MR) is 118 cm³/mol. The number of carbonyl (C=O) groups excluding carboxylic acids is 2. The maximum atomic E-state index is 13.2. The van der Waals surface area contributed by atoms with Crippen LogP contribution in [0.15, 0.2) is 65.7 Å². The Balaban J connectivity index is 1.64. The van der Waals surface area contributed by atoms with Crippen LogP contribution in [0.2, 0.25) is 5.02 Å². The van der Waals surface area contributed by atoms with Crippen LogP contribution in [-0.2, 0) is 16.0 Å². The SMILES string of the molecule is Cc1c(Cl)cccc1NC1=C(c2cccs2)C(=O)N(CCc2ccc(F)cc2)C1=O. The molecule has 2 heterocycles. The number of imide groups is 1. The van der Waals surface area contributed by atoms with E-state index in [-0.39, 0.29) is 29.9 Å². The van der Waals surface area contributed by atoms with Crippen LogP contribution in [-0.4, -0.2) is 23.3 Å². The number of amides is 2. The van der Waals surface area contributed by atoms with Crippen LogP contribution >= 0.6 is 22.9 Å². The third-order valence-corrected chi connectivity index (χ3v) is 6.30. The molecule has 1 N–H and O–H groups in total. The molecule has 2 amide bonds. The van der Waals surface area contributed by atoms with Crippen molar-refractivity contribution in [2.75, 3.05) is 11.9 Å². The minimum absolute atomic E-state index is 0.206. The number of anilines is 1. The van der Waals surface area contributed by atoms with Gasteiger partial charge in [-0.05, 0) is 60.2 Å². The number of benzene rings is 2. The van der Waals surface area contributed by atoms with Crippen LogP contribution in [0.25, 0.3) is 5.57 Å². The summed E-state index contributed by atoms with van der Waals surface area (Å²) in [5.41, 5.74) is 2.91. The summed E-state index contributed by atoms with van der Waals surface area (Å²) in [5.74, 6) is -1.05. The number of carbonyl (C=O) groups is 2. The van der Waals surface area contributed by atoms with Crippen LogP contribution < -0.4 is 5.32 Å². The highest BCUT2D eigenvalue weighted by Gasteiger charge is 2.39. The number of hydrogen-bond donors (Lipinski definition) is 1. The molecule has 1 aromatic heterocycles. The van der Waals surface area contributed by atoms with Crippen LogP contribution in [0.4, 0.5) is 10.1 Å². The lowest BCUT2D eigenvalue weighted by Crippen LogP contribution is -2.34. The van der Waals surface area contributed by atoms with Crippen molar-refractivity contribution in [3.63, 3.8) is 0 Å². The molecule has 0 saturated heterocycles. The monoisotopic (exact) mass is 440 g/mol. The van der Waals surface area contributed by atoms with E-state index in [0.29, 0.717) is 22.7 Å². The van der Waals surface area contributed by atoms with Crippen LogP contribution in [0, 0.1) is 12.7 Å². The molecule has 0 spiro atoms. The zero-order valence-corrected chi connectivity index (χ0v) is 17.7. The molecule has 2 aromatic carbocycles. The first-order chi connectivity index (χ1) is 14.5. The second kappa shape index (κ2) is 8.42. The van der Waals surface area contributed by atoms with Gasteiger partial charge in [-0.25, -0.2) is 4.39 Å². The molecule has 1 aliphatic heterocycles. The fourth-order valence-electron chi connectivity index (χ4n) is 3.31. The Morgan fingerprint density at radius 2 is 1.80 bits per heavy atom. The molecular formula is C23H18ClFN2O2S. The zero-order valence-electron chi connectivity index (χ0n) is 16.1. The molecule has 152 valence electrons. The van der Waals surface area contributed by atoms with Crippen molar-refractivity contribution in [1.82, 2.24) is 4.90 Å². The molecule has 0 saturated carbocycles. The van der Waals surface area contributed by atoms with Gasteiger partial charge in [-0.3, -0.25) is 14.5 Å². The fourth-order valence-corrected chi connectivity index (χ4v) is 4.26. The average Bonchev–Trinajstić information content (AvgIpc) is 3.33. The summed E-state index contributed by atoms with van der Waals surface area (Å²) < 4.78 is 13.1. The largest absolute Gasteiger partial charge is 0.350 e. The van der Waals surface area contributed by atoms with E-state index in [0.717, 1.165) is 16.0 Å². The Morgan fingerprint density at radius 3 is 2.50 bits per heavy atom. The summed E-state index contributed by atoms with van der Waals surface area (Å²) in [6.07, 6.45) is 0.443. The minimum atomic E-state index is -0.384. The number of halogens is 2. The molecule has 0 bridgehead atoms. The van der Waals surface area contributed by atoms with E-state index in [1.165, 1.54) is 28.4 Å². The zero-order chi connectivity index (χ0) is 21.3. The van der Waals surface area contributed by atoms with Crippen molar-refractivity contribution in [1.29, 1.82) is 0 Å². The summed E-state index contributed by atoms with van der Waals surface area (Å²) >= 11 is 7.62. The molecule has 30 heavy (non-hydrogen) atoms. The Labute approximate surface area is 182 Å². The van der Waals surface area contributed by atoms with Crippen molar-refractivity contribution >= 4 is 46.0 Å². The molecule has 0 atom stereocenters. The van der Waals surface area contributed by atoms with E-state index < -0.39 is 0 Å². The van der Waals surface area contributed by atoms with Gasteiger partial charge in [0.2, 0.25) is 0 Å². The second-order valence-corrected chi connectivity index (χ2v) is 8.26. The highest BCUT2D eigenvalue weighted by atomic mass is 35.5. The first kappa shape index (κ1) is 20.3. The molecule has 4 nitrogen and oxygen atoms in total. The average molecular weight is 441 g/mol. The minimum Gasteiger partial charge on any atom is -0.350 e. The molecular weight excluding hydrogens is 423 g/mol. The molecule has 3 aromatic rings. The molecule has 0 fully saturated rings. The highest BCUT2D eigenvalue weighted by Crippen LogP contribution is 2.34.